The largest absolute Gasteiger partial charge is 0.477 e. The summed E-state index contributed by atoms with van der Waals surface area (Å²) in [5.74, 6) is 1.32. The van der Waals surface area contributed by atoms with Crippen LogP contribution in [0.5, 0.6) is 5.75 Å². The van der Waals surface area contributed by atoms with Gasteiger partial charge in [0.15, 0.2) is 6.10 Å². The first kappa shape index (κ1) is 13.5. The van der Waals surface area contributed by atoms with Crippen molar-refractivity contribution in [3.8, 4) is 5.75 Å². The number of imidazole rings is 1. The van der Waals surface area contributed by atoms with Gasteiger partial charge < -0.3 is 20.4 Å². The van der Waals surface area contributed by atoms with Gasteiger partial charge in [-0.05, 0) is 18.6 Å². The number of aromatic nitrogens is 2. The third-order valence-corrected chi connectivity index (χ3v) is 3.50. The molecule has 1 aromatic carbocycles. The molecule has 0 radical (unpaired) electrons. The van der Waals surface area contributed by atoms with Gasteiger partial charge in [-0.15, -0.1) is 0 Å². The lowest BCUT2D eigenvalue weighted by Crippen LogP contribution is -2.45. The van der Waals surface area contributed by atoms with Crippen molar-refractivity contribution in [2.75, 3.05) is 11.9 Å². The van der Waals surface area contributed by atoms with Gasteiger partial charge in [-0.2, -0.15) is 0 Å². The second-order valence-electron chi connectivity index (χ2n) is 4.93. The highest BCUT2D eigenvalue weighted by Gasteiger charge is 2.27. The summed E-state index contributed by atoms with van der Waals surface area (Å²) in [5, 5.41) is 6.18. The summed E-state index contributed by atoms with van der Waals surface area (Å²) < 4.78 is 5.75. The molecule has 110 valence electrons. The maximum Gasteiger partial charge on any atom is 0.263 e. The standard InChI is InChI=1S/C15H18N4O2/c1-2-10(14-16-7-8-17-14)19-15(20)13-9-18-11-5-3-4-6-12(11)21-13/h3-8,10,13,18H,2,9H2,1H3,(H,16,17)(H,19,20). The molecule has 0 aliphatic carbocycles. The van der Waals surface area contributed by atoms with E-state index in [1.807, 2.05) is 31.2 Å². The topological polar surface area (TPSA) is 79.0 Å². The Balaban J connectivity index is 1.66. The summed E-state index contributed by atoms with van der Waals surface area (Å²) in [6.45, 7) is 2.46. The molecule has 1 aromatic heterocycles. The predicted octanol–water partition coefficient (Wildman–Crippen LogP) is 1.85. The van der Waals surface area contributed by atoms with E-state index in [0.717, 1.165) is 17.9 Å². The molecule has 3 rings (SSSR count). The van der Waals surface area contributed by atoms with Crippen molar-refractivity contribution < 1.29 is 9.53 Å². The molecule has 0 spiro atoms. The van der Waals surface area contributed by atoms with Gasteiger partial charge in [0, 0.05) is 12.4 Å². The number of rotatable bonds is 4. The second kappa shape index (κ2) is 5.87. The van der Waals surface area contributed by atoms with Crippen LogP contribution in [0, 0.1) is 0 Å². The number of ether oxygens (including phenoxy) is 1. The molecule has 0 bridgehead atoms. The lowest BCUT2D eigenvalue weighted by molar-refractivity contribution is -0.128. The number of amides is 1. The monoisotopic (exact) mass is 286 g/mol. The molecule has 2 heterocycles. The average molecular weight is 286 g/mol. The zero-order valence-electron chi connectivity index (χ0n) is 11.8. The quantitative estimate of drug-likeness (QED) is 0.801. The van der Waals surface area contributed by atoms with Crippen LogP contribution in [0.3, 0.4) is 0 Å². The third kappa shape index (κ3) is 2.84. The molecule has 0 saturated heterocycles. The van der Waals surface area contributed by atoms with Crippen molar-refractivity contribution in [2.45, 2.75) is 25.5 Å². The van der Waals surface area contributed by atoms with Gasteiger partial charge >= 0.3 is 0 Å². The van der Waals surface area contributed by atoms with Gasteiger partial charge in [0.05, 0.1) is 18.3 Å². The van der Waals surface area contributed by atoms with Gasteiger partial charge in [0.1, 0.15) is 11.6 Å². The number of carbonyl (C=O) groups is 1. The van der Waals surface area contributed by atoms with Crippen LogP contribution in [0.2, 0.25) is 0 Å². The minimum Gasteiger partial charge on any atom is -0.477 e. The van der Waals surface area contributed by atoms with Crippen molar-refractivity contribution >= 4 is 11.6 Å². The van der Waals surface area contributed by atoms with Crippen molar-refractivity contribution in [3.05, 3.63) is 42.5 Å². The SMILES string of the molecule is CCC(NC(=O)C1CNc2ccccc2O1)c1ncc[nH]1. The Morgan fingerprint density at radius 1 is 1.52 bits per heavy atom. The molecule has 0 fully saturated rings. The zero-order valence-corrected chi connectivity index (χ0v) is 11.8. The lowest BCUT2D eigenvalue weighted by Gasteiger charge is -2.27. The van der Waals surface area contributed by atoms with E-state index in [2.05, 4.69) is 20.6 Å². The Kier molecular flexibility index (Phi) is 3.77. The zero-order chi connectivity index (χ0) is 14.7. The number of carbonyl (C=O) groups excluding carboxylic acids is 1. The number of benzene rings is 1. The normalized spacial score (nSPS) is 18.0. The number of para-hydroxylation sites is 2. The number of hydrogen-bond donors (Lipinski definition) is 3. The Hall–Kier alpha value is -2.50. The van der Waals surface area contributed by atoms with E-state index >= 15 is 0 Å². The molecular weight excluding hydrogens is 268 g/mol. The van der Waals surface area contributed by atoms with Gasteiger partial charge in [0.25, 0.3) is 5.91 Å². The smallest absolute Gasteiger partial charge is 0.263 e. The van der Waals surface area contributed by atoms with Gasteiger partial charge in [-0.3, -0.25) is 4.79 Å². The molecule has 1 amide bonds. The van der Waals surface area contributed by atoms with Crippen molar-refractivity contribution in [1.82, 2.24) is 15.3 Å². The molecule has 1 aliphatic heterocycles. The van der Waals surface area contributed by atoms with Crippen LogP contribution in [0.4, 0.5) is 5.69 Å². The van der Waals surface area contributed by atoms with Gasteiger partial charge in [-0.1, -0.05) is 19.1 Å². The van der Waals surface area contributed by atoms with Crippen LogP contribution < -0.4 is 15.4 Å². The molecule has 2 unspecified atom stereocenters. The fourth-order valence-corrected chi connectivity index (χ4v) is 2.36. The fourth-order valence-electron chi connectivity index (χ4n) is 2.36. The summed E-state index contributed by atoms with van der Waals surface area (Å²) in [6.07, 6.45) is 3.65. The Morgan fingerprint density at radius 2 is 2.38 bits per heavy atom. The third-order valence-electron chi connectivity index (χ3n) is 3.50. The number of aromatic amines is 1. The van der Waals surface area contributed by atoms with E-state index in [1.54, 1.807) is 12.4 Å². The first-order chi connectivity index (χ1) is 10.3. The van der Waals surface area contributed by atoms with Gasteiger partial charge in [-0.25, -0.2) is 4.98 Å². The summed E-state index contributed by atoms with van der Waals surface area (Å²) in [6, 6.07) is 7.47. The molecule has 21 heavy (non-hydrogen) atoms. The highest BCUT2D eigenvalue weighted by Crippen LogP contribution is 2.28. The van der Waals surface area contributed by atoms with Crippen LogP contribution in [-0.4, -0.2) is 28.5 Å². The van der Waals surface area contributed by atoms with Crippen LogP contribution in [0.15, 0.2) is 36.7 Å². The average Bonchev–Trinajstić information content (AvgIpc) is 3.06. The maximum absolute atomic E-state index is 12.4. The first-order valence-corrected chi connectivity index (χ1v) is 7.07. The van der Waals surface area contributed by atoms with E-state index in [1.165, 1.54) is 0 Å². The molecule has 2 atom stereocenters. The van der Waals surface area contributed by atoms with E-state index in [0.29, 0.717) is 12.3 Å². The number of anilines is 1. The minimum absolute atomic E-state index is 0.131. The number of H-pyrrole nitrogens is 1. The Bertz CT molecular complexity index is 612. The maximum atomic E-state index is 12.4. The second-order valence-corrected chi connectivity index (χ2v) is 4.93. The number of fused-ring (bicyclic) bond motifs is 1. The molecule has 1 aliphatic rings. The first-order valence-electron chi connectivity index (χ1n) is 7.07. The number of nitrogens with one attached hydrogen (secondary N) is 3. The Morgan fingerprint density at radius 3 is 3.14 bits per heavy atom. The molecule has 2 aromatic rings. The van der Waals surface area contributed by atoms with Crippen LogP contribution in [0.1, 0.15) is 25.2 Å². The van der Waals surface area contributed by atoms with E-state index in [4.69, 9.17) is 4.74 Å². The van der Waals surface area contributed by atoms with Gasteiger partial charge in [0.2, 0.25) is 0 Å². The molecule has 6 nitrogen and oxygen atoms in total. The minimum atomic E-state index is -0.538. The lowest BCUT2D eigenvalue weighted by atomic mass is 10.1. The van der Waals surface area contributed by atoms with E-state index in [-0.39, 0.29) is 11.9 Å². The molecule has 3 N–H and O–H groups in total. The number of nitrogens with zero attached hydrogens (tertiary/aromatic N) is 1. The summed E-state index contributed by atoms with van der Waals surface area (Å²) in [7, 11) is 0. The predicted molar refractivity (Wildman–Crippen MR) is 79.1 cm³/mol. The van der Waals surface area contributed by atoms with Crippen LogP contribution in [0.25, 0.3) is 0 Å². The Labute approximate surface area is 122 Å². The van der Waals surface area contributed by atoms with E-state index in [9.17, 15) is 4.79 Å². The van der Waals surface area contributed by atoms with E-state index < -0.39 is 6.10 Å². The molecule has 0 saturated carbocycles. The van der Waals surface area contributed by atoms with Crippen molar-refractivity contribution in [2.24, 2.45) is 0 Å². The fraction of sp³-hybridized carbons (Fsp3) is 0.333. The van der Waals surface area contributed by atoms with Crippen molar-refractivity contribution in [1.29, 1.82) is 0 Å². The summed E-state index contributed by atoms with van der Waals surface area (Å²) in [5.41, 5.74) is 0.916. The van der Waals surface area contributed by atoms with Crippen LogP contribution >= 0.6 is 0 Å². The van der Waals surface area contributed by atoms with Crippen molar-refractivity contribution in [3.63, 3.8) is 0 Å². The number of hydrogen-bond acceptors (Lipinski definition) is 4. The molecule has 6 heteroatoms. The highest BCUT2D eigenvalue weighted by atomic mass is 16.5. The summed E-state index contributed by atoms with van der Waals surface area (Å²) >= 11 is 0. The highest BCUT2D eigenvalue weighted by molar-refractivity contribution is 5.83. The molecular formula is C15H18N4O2. The summed E-state index contributed by atoms with van der Waals surface area (Å²) in [4.78, 5) is 19.6. The van der Waals surface area contributed by atoms with Crippen LogP contribution in [-0.2, 0) is 4.79 Å².